The minimum Gasteiger partial charge on any atom is -0.298 e. The predicted molar refractivity (Wildman–Crippen MR) is 62.8 cm³/mol. The number of aromatic nitrogens is 2. The largest absolute Gasteiger partial charge is 0.298 e. The molecule has 0 aliphatic rings. The van der Waals surface area contributed by atoms with Gasteiger partial charge in [0.05, 0.1) is 12.1 Å². The first-order valence-electron chi connectivity index (χ1n) is 4.39. The van der Waals surface area contributed by atoms with Gasteiger partial charge < -0.3 is 0 Å². The first-order valence-corrected chi connectivity index (χ1v) is 7.21. The number of sulfone groups is 1. The summed E-state index contributed by atoms with van der Waals surface area (Å²) in [4.78, 5) is 15.2. The van der Waals surface area contributed by atoms with E-state index in [0.29, 0.717) is 6.42 Å². The van der Waals surface area contributed by atoms with Crippen LogP contribution in [0.5, 0.6) is 0 Å². The summed E-state index contributed by atoms with van der Waals surface area (Å²) in [7, 11) is -3.02. The summed E-state index contributed by atoms with van der Waals surface area (Å²) >= 11 is 11.1. The van der Waals surface area contributed by atoms with Gasteiger partial charge >= 0.3 is 0 Å². The van der Waals surface area contributed by atoms with Crippen LogP contribution in [0.2, 0.25) is 10.2 Å². The summed E-state index contributed by atoms with van der Waals surface area (Å²) < 4.78 is 23.0. The second-order valence-corrected chi connectivity index (χ2v) is 6.33. The molecule has 0 spiro atoms. The zero-order valence-electron chi connectivity index (χ0n) is 8.48. The van der Waals surface area contributed by atoms with Crippen LogP contribution in [0.15, 0.2) is 11.1 Å². The predicted octanol–water partition coefficient (Wildman–Crippen LogP) is 0.985. The number of hydrogen-bond acceptors (Lipinski definition) is 4. The lowest BCUT2D eigenvalue weighted by molar-refractivity contribution is 0.587. The Hall–Kier alpha value is -0.590. The quantitative estimate of drug-likeness (QED) is 0.773. The molecule has 0 aliphatic heterocycles. The Balaban J connectivity index is 2.77. The fraction of sp³-hybridized carbons (Fsp3) is 0.500. The molecule has 90 valence electrons. The molecule has 1 rings (SSSR count). The first-order chi connectivity index (χ1) is 7.31. The lowest BCUT2D eigenvalue weighted by Gasteiger charge is -2.05. The maximum Gasteiger partial charge on any atom is 0.273 e. The third-order valence-corrected chi connectivity index (χ3v) is 3.61. The van der Waals surface area contributed by atoms with Crippen LogP contribution in [0.4, 0.5) is 0 Å². The van der Waals surface area contributed by atoms with E-state index in [1.54, 1.807) is 0 Å². The molecule has 16 heavy (non-hydrogen) atoms. The van der Waals surface area contributed by atoms with E-state index in [2.05, 4.69) is 4.98 Å². The number of aryl methyl sites for hydroxylation is 1. The molecule has 0 aliphatic carbocycles. The average Bonchev–Trinajstić information content (AvgIpc) is 2.16. The van der Waals surface area contributed by atoms with Gasteiger partial charge in [-0.25, -0.2) is 13.4 Å². The summed E-state index contributed by atoms with van der Waals surface area (Å²) in [5, 5.41) is -0.199. The Bertz CT molecular complexity index is 539. The van der Waals surface area contributed by atoms with Crippen molar-refractivity contribution < 1.29 is 8.42 Å². The fourth-order valence-corrected chi connectivity index (χ4v) is 2.04. The van der Waals surface area contributed by atoms with Gasteiger partial charge in [-0.15, -0.1) is 0 Å². The molecule has 5 nitrogen and oxygen atoms in total. The van der Waals surface area contributed by atoms with Gasteiger partial charge in [-0.2, -0.15) is 0 Å². The Kier molecular flexibility index (Phi) is 4.35. The van der Waals surface area contributed by atoms with Gasteiger partial charge in [0.2, 0.25) is 0 Å². The van der Waals surface area contributed by atoms with Crippen molar-refractivity contribution in [1.29, 1.82) is 0 Å². The van der Waals surface area contributed by atoms with Crippen molar-refractivity contribution in [2.24, 2.45) is 0 Å². The normalized spacial score (nSPS) is 11.7. The lowest BCUT2D eigenvalue weighted by atomic mass is 10.4. The van der Waals surface area contributed by atoms with Gasteiger partial charge in [0.25, 0.3) is 5.56 Å². The molecule has 1 heterocycles. The zero-order chi connectivity index (χ0) is 12.3. The van der Waals surface area contributed by atoms with Crippen molar-refractivity contribution in [2.75, 3.05) is 12.0 Å². The highest BCUT2D eigenvalue weighted by Gasteiger charge is 2.08. The second kappa shape index (κ2) is 5.16. The molecule has 1 aromatic heterocycles. The van der Waals surface area contributed by atoms with Gasteiger partial charge in [-0.3, -0.25) is 9.36 Å². The van der Waals surface area contributed by atoms with E-state index in [-0.39, 0.29) is 22.5 Å². The number of rotatable bonds is 4. The van der Waals surface area contributed by atoms with Crippen LogP contribution in [-0.2, 0) is 16.4 Å². The molecular formula is C8H10Cl2N2O3S. The average molecular weight is 285 g/mol. The van der Waals surface area contributed by atoms with Gasteiger partial charge in [0, 0.05) is 12.8 Å². The van der Waals surface area contributed by atoms with Gasteiger partial charge in [-0.05, 0) is 6.42 Å². The molecule has 0 amide bonds. The molecule has 8 heteroatoms. The van der Waals surface area contributed by atoms with Crippen LogP contribution in [0.3, 0.4) is 0 Å². The molecule has 0 aromatic carbocycles. The van der Waals surface area contributed by atoms with Crippen molar-refractivity contribution in [2.45, 2.75) is 13.0 Å². The number of halogens is 2. The maximum absolute atomic E-state index is 11.5. The molecule has 0 atom stereocenters. The second-order valence-electron chi connectivity index (χ2n) is 3.33. The maximum atomic E-state index is 11.5. The Morgan fingerprint density at radius 1 is 1.44 bits per heavy atom. The summed E-state index contributed by atoms with van der Waals surface area (Å²) in [6.45, 7) is 0.246. The van der Waals surface area contributed by atoms with E-state index in [9.17, 15) is 13.2 Å². The molecule has 0 N–H and O–H groups in total. The van der Waals surface area contributed by atoms with E-state index in [0.717, 1.165) is 6.26 Å². The van der Waals surface area contributed by atoms with Gasteiger partial charge in [0.1, 0.15) is 14.9 Å². The highest BCUT2D eigenvalue weighted by atomic mass is 35.5. The van der Waals surface area contributed by atoms with E-state index >= 15 is 0 Å². The van der Waals surface area contributed by atoms with Crippen LogP contribution in [-0.4, -0.2) is 30.0 Å². The highest BCUT2D eigenvalue weighted by molar-refractivity contribution is 7.90. The molecule has 0 bridgehead atoms. The fourth-order valence-electron chi connectivity index (χ4n) is 1.10. The molecule has 0 radical (unpaired) electrons. The Morgan fingerprint density at radius 3 is 2.62 bits per heavy atom. The highest BCUT2D eigenvalue weighted by Crippen LogP contribution is 2.12. The summed E-state index contributed by atoms with van der Waals surface area (Å²) in [5.41, 5.74) is -0.463. The van der Waals surface area contributed by atoms with Crippen LogP contribution >= 0.6 is 23.2 Å². The third-order valence-electron chi connectivity index (χ3n) is 1.85. The van der Waals surface area contributed by atoms with E-state index < -0.39 is 15.4 Å². The van der Waals surface area contributed by atoms with Crippen LogP contribution in [0, 0.1) is 0 Å². The minimum atomic E-state index is -3.02. The standard InChI is InChI=1S/C8H10Cl2N2O3S/c1-16(14,15)4-2-3-12-5-11-7(10)6(9)8(12)13/h5H,2-4H2,1H3. The van der Waals surface area contributed by atoms with Crippen LogP contribution in [0.1, 0.15) is 6.42 Å². The summed E-state index contributed by atoms with van der Waals surface area (Å²) in [6, 6.07) is 0. The molecule has 0 unspecified atom stereocenters. The monoisotopic (exact) mass is 284 g/mol. The van der Waals surface area contributed by atoms with Crippen molar-refractivity contribution in [3.8, 4) is 0 Å². The minimum absolute atomic E-state index is 0.0136. The number of nitrogens with zero attached hydrogens (tertiary/aromatic N) is 2. The van der Waals surface area contributed by atoms with Crippen molar-refractivity contribution in [3.63, 3.8) is 0 Å². The lowest BCUT2D eigenvalue weighted by Crippen LogP contribution is -2.22. The van der Waals surface area contributed by atoms with E-state index in [4.69, 9.17) is 23.2 Å². The molecule has 0 fully saturated rings. The Morgan fingerprint density at radius 2 is 2.06 bits per heavy atom. The third kappa shape index (κ3) is 3.77. The smallest absolute Gasteiger partial charge is 0.273 e. The zero-order valence-corrected chi connectivity index (χ0v) is 10.8. The van der Waals surface area contributed by atoms with E-state index in [1.807, 2.05) is 0 Å². The molecule has 0 saturated carbocycles. The van der Waals surface area contributed by atoms with Gasteiger partial charge in [-0.1, -0.05) is 23.2 Å². The molecule has 1 aromatic rings. The SMILES string of the molecule is CS(=O)(=O)CCCn1cnc(Cl)c(Cl)c1=O. The summed E-state index contributed by atoms with van der Waals surface area (Å²) in [5.74, 6) is 0.0136. The Labute approximate surface area is 103 Å². The molecule has 0 saturated heterocycles. The van der Waals surface area contributed by atoms with Crippen LogP contribution < -0.4 is 5.56 Å². The van der Waals surface area contributed by atoms with Crippen LogP contribution in [0.25, 0.3) is 0 Å². The summed E-state index contributed by atoms with van der Waals surface area (Å²) in [6.07, 6.45) is 2.72. The van der Waals surface area contributed by atoms with Gasteiger partial charge in [0.15, 0.2) is 5.15 Å². The van der Waals surface area contributed by atoms with Crippen molar-refractivity contribution in [1.82, 2.24) is 9.55 Å². The first kappa shape index (κ1) is 13.5. The van der Waals surface area contributed by atoms with Crippen molar-refractivity contribution in [3.05, 3.63) is 26.9 Å². The van der Waals surface area contributed by atoms with Crippen molar-refractivity contribution >= 4 is 33.0 Å². The molecular weight excluding hydrogens is 275 g/mol. The van der Waals surface area contributed by atoms with E-state index in [1.165, 1.54) is 10.9 Å². The number of hydrogen-bond donors (Lipinski definition) is 0. The topological polar surface area (TPSA) is 69.0 Å².